The Hall–Kier alpha value is -2.73. The summed E-state index contributed by atoms with van der Waals surface area (Å²) < 4.78 is 13.8. The van der Waals surface area contributed by atoms with Crippen LogP contribution in [0.4, 0.5) is 5.82 Å². The Labute approximate surface area is 167 Å². The van der Waals surface area contributed by atoms with E-state index in [1.807, 2.05) is 68.4 Å². The molecule has 2 aromatic carbocycles. The monoisotopic (exact) mass is 393 g/mol. The zero-order valence-corrected chi connectivity index (χ0v) is 16.8. The minimum atomic E-state index is -0.957. The maximum atomic E-state index is 13.1. The topological polar surface area (TPSA) is 64.0 Å². The molecule has 0 fully saturated rings. The second-order valence-corrected chi connectivity index (χ2v) is 8.57. The number of fused-ring (bicyclic) bond motifs is 1. The van der Waals surface area contributed by atoms with Crippen molar-refractivity contribution >= 4 is 22.5 Å². The first-order chi connectivity index (χ1) is 13.6. The number of benzene rings is 2. The molecule has 0 aliphatic carbocycles. The minimum Gasteiger partial charge on any atom is -0.310 e. The molecule has 0 saturated heterocycles. The van der Waals surface area contributed by atoms with Gasteiger partial charge in [0.2, 0.25) is 5.91 Å². The third kappa shape index (κ3) is 3.52. The Morgan fingerprint density at radius 1 is 1.14 bits per heavy atom. The summed E-state index contributed by atoms with van der Waals surface area (Å²) in [5, 5.41) is 7.76. The summed E-state index contributed by atoms with van der Waals surface area (Å²) in [6.45, 7) is 4.04. The van der Waals surface area contributed by atoms with Crippen molar-refractivity contribution in [1.82, 2.24) is 9.78 Å². The summed E-state index contributed by atoms with van der Waals surface area (Å²) in [6, 6.07) is 17.8. The molecule has 0 saturated carbocycles. The van der Waals surface area contributed by atoms with Crippen LogP contribution in [-0.4, -0.2) is 19.9 Å². The fourth-order valence-electron chi connectivity index (χ4n) is 3.59. The Morgan fingerprint density at radius 2 is 1.86 bits per heavy atom. The lowest BCUT2D eigenvalue weighted by Crippen LogP contribution is -2.23. The Balaban J connectivity index is 1.71. The molecule has 1 aliphatic heterocycles. The molecular formula is C22H23N3O2S. The Morgan fingerprint density at radius 3 is 2.54 bits per heavy atom. The number of carbonyl (C=O) groups excluding carboxylic acids is 1. The molecule has 4 rings (SSSR count). The standard InChI is InChI=1S/C22H23N3O2S/c1-3-18(16-7-5-4-6-8-16)22(26)23-21-19-13-28(27)14-20(19)24-25(21)17-11-9-15(2)10-12-17/h4-12,18H,3,13-14H2,1-2H3,(H,23,26)/t18-,28-/m1/s1. The molecule has 28 heavy (non-hydrogen) atoms. The highest BCUT2D eigenvalue weighted by molar-refractivity contribution is 7.83. The summed E-state index contributed by atoms with van der Waals surface area (Å²) in [7, 11) is -0.957. The third-order valence-corrected chi connectivity index (χ3v) is 6.32. The maximum absolute atomic E-state index is 13.1. The lowest BCUT2D eigenvalue weighted by atomic mass is 9.95. The molecule has 0 unspecified atom stereocenters. The number of anilines is 1. The van der Waals surface area contributed by atoms with E-state index in [4.69, 9.17) is 0 Å². The fourth-order valence-corrected chi connectivity index (χ4v) is 4.85. The van der Waals surface area contributed by atoms with Crippen molar-refractivity contribution in [2.75, 3.05) is 5.32 Å². The highest BCUT2D eigenvalue weighted by Gasteiger charge is 2.29. The van der Waals surface area contributed by atoms with Gasteiger partial charge in [0.05, 0.1) is 28.8 Å². The molecule has 6 heteroatoms. The smallest absolute Gasteiger partial charge is 0.233 e. The molecule has 3 aromatic rings. The number of amides is 1. The highest BCUT2D eigenvalue weighted by Crippen LogP contribution is 2.32. The number of hydrogen-bond donors (Lipinski definition) is 1. The summed E-state index contributed by atoms with van der Waals surface area (Å²) >= 11 is 0. The molecule has 0 bridgehead atoms. The first kappa shape index (κ1) is 18.6. The molecule has 2 heterocycles. The molecular weight excluding hydrogens is 370 g/mol. The van der Waals surface area contributed by atoms with Gasteiger partial charge in [-0.05, 0) is 31.0 Å². The van der Waals surface area contributed by atoms with Crippen LogP contribution in [0.1, 0.15) is 41.6 Å². The summed E-state index contributed by atoms with van der Waals surface area (Å²) in [5.41, 5.74) is 4.72. The molecule has 0 radical (unpaired) electrons. The maximum Gasteiger partial charge on any atom is 0.233 e. The van der Waals surface area contributed by atoms with Crippen LogP contribution in [0.15, 0.2) is 54.6 Å². The first-order valence-corrected chi connectivity index (χ1v) is 10.9. The predicted octanol–water partition coefficient (Wildman–Crippen LogP) is 4.08. The molecule has 1 aliphatic rings. The minimum absolute atomic E-state index is 0.0672. The van der Waals surface area contributed by atoms with E-state index in [0.29, 0.717) is 23.7 Å². The number of nitrogens with zero attached hydrogens (tertiary/aromatic N) is 2. The second-order valence-electron chi connectivity index (χ2n) is 7.11. The van der Waals surface area contributed by atoms with Crippen LogP contribution in [0.2, 0.25) is 0 Å². The number of hydrogen-bond acceptors (Lipinski definition) is 3. The van der Waals surface area contributed by atoms with E-state index < -0.39 is 10.8 Å². The van der Waals surface area contributed by atoms with Gasteiger partial charge in [-0.2, -0.15) is 5.10 Å². The van der Waals surface area contributed by atoms with E-state index in [1.165, 1.54) is 0 Å². The predicted molar refractivity (Wildman–Crippen MR) is 112 cm³/mol. The van der Waals surface area contributed by atoms with Crippen LogP contribution in [0.25, 0.3) is 5.69 Å². The van der Waals surface area contributed by atoms with Crippen LogP contribution >= 0.6 is 0 Å². The summed E-state index contributed by atoms with van der Waals surface area (Å²) in [5.74, 6) is 1.20. The summed E-state index contributed by atoms with van der Waals surface area (Å²) in [6.07, 6.45) is 0.697. The van der Waals surface area contributed by atoms with E-state index >= 15 is 0 Å². The van der Waals surface area contributed by atoms with Gasteiger partial charge in [-0.3, -0.25) is 9.00 Å². The lowest BCUT2D eigenvalue weighted by Gasteiger charge is -2.17. The lowest BCUT2D eigenvalue weighted by molar-refractivity contribution is -0.117. The van der Waals surface area contributed by atoms with Crippen LogP contribution in [0.5, 0.6) is 0 Å². The van der Waals surface area contributed by atoms with Crippen molar-refractivity contribution in [2.45, 2.75) is 37.7 Å². The molecule has 0 spiro atoms. The van der Waals surface area contributed by atoms with Gasteiger partial charge < -0.3 is 5.32 Å². The highest BCUT2D eigenvalue weighted by atomic mass is 32.2. The largest absolute Gasteiger partial charge is 0.310 e. The average Bonchev–Trinajstić information content (AvgIpc) is 3.21. The molecule has 2 atom stereocenters. The van der Waals surface area contributed by atoms with Gasteiger partial charge in [0.25, 0.3) is 0 Å². The average molecular weight is 394 g/mol. The van der Waals surface area contributed by atoms with Crippen molar-refractivity contribution in [3.05, 3.63) is 77.0 Å². The van der Waals surface area contributed by atoms with Crippen LogP contribution in [0.3, 0.4) is 0 Å². The van der Waals surface area contributed by atoms with Crippen molar-refractivity contribution in [1.29, 1.82) is 0 Å². The van der Waals surface area contributed by atoms with E-state index in [-0.39, 0.29) is 11.8 Å². The number of carbonyl (C=O) groups is 1. The molecule has 1 N–H and O–H groups in total. The second kappa shape index (κ2) is 7.72. The van der Waals surface area contributed by atoms with Crippen molar-refractivity contribution in [2.24, 2.45) is 0 Å². The van der Waals surface area contributed by atoms with Gasteiger partial charge >= 0.3 is 0 Å². The molecule has 144 valence electrons. The zero-order valence-electron chi connectivity index (χ0n) is 16.0. The SMILES string of the molecule is CC[C@@H](C(=O)Nc1c2c(nn1-c1ccc(C)cc1)C[S@](=O)C2)c1ccccc1. The van der Waals surface area contributed by atoms with Crippen LogP contribution in [0, 0.1) is 6.92 Å². The third-order valence-electron chi connectivity index (χ3n) is 5.12. The number of nitrogens with one attached hydrogen (secondary N) is 1. The van der Waals surface area contributed by atoms with E-state index in [2.05, 4.69) is 10.4 Å². The quantitative estimate of drug-likeness (QED) is 0.710. The van der Waals surface area contributed by atoms with E-state index in [1.54, 1.807) is 4.68 Å². The molecule has 1 aromatic heterocycles. The van der Waals surface area contributed by atoms with Gasteiger partial charge in [0.1, 0.15) is 5.82 Å². The van der Waals surface area contributed by atoms with Crippen LogP contribution in [-0.2, 0) is 27.1 Å². The van der Waals surface area contributed by atoms with Gasteiger partial charge in [0.15, 0.2) is 0 Å². The zero-order chi connectivity index (χ0) is 19.7. The van der Waals surface area contributed by atoms with Gasteiger partial charge in [-0.1, -0.05) is 55.0 Å². The van der Waals surface area contributed by atoms with E-state index in [0.717, 1.165) is 28.1 Å². The van der Waals surface area contributed by atoms with Gasteiger partial charge in [-0.15, -0.1) is 0 Å². The van der Waals surface area contributed by atoms with E-state index in [9.17, 15) is 9.00 Å². The number of rotatable bonds is 5. The van der Waals surface area contributed by atoms with Gasteiger partial charge in [0, 0.05) is 16.4 Å². The van der Waals surface area contributed by atoms with Crippen molar-refractivity contribution in [3.63, 3.8) is 0 Å². The van der Waals surface area contributed by atoms with Crippen LogP contribution < -0.4 is 5.32 Å². The normalized spacial score (nSPS) is 16.6. The van der Waals surface area contributed by atoms with Crippen molar-refractivity contribution in [3.8, 4) is 5.69 Å². The summed E-state index contributed by atoms with van der Waals surface area (Å²) in [4.78, 5) is 13.1. The molecule has 1 amide bonds. The molecule has 5 nitrogen and oxygen atoms in total. The van der Waals surface area contributed by atoms with Gasteiger partial charge in [-0.25, -0.2) is 4.68 Å². The Bertz CT molecular complexity index is 1030. The number of aryl methyl sites for hydroxylation is 1. The van der Waals surface area contributed by atoms with Crippen molar-refractivity contribution < 1.29 is 9.00 Å². The first-order valence-electron chi connectivity index (χ1n) is 9.45. The Kier molecular flexibility index (Phi) is 5.13. The number of aromatic nitrogens is 2. The fraction of sp³-hybridized carbons (Fsp3) is 0.273.